The molecule has 2 aromatic heterocycles. The maximum absolute atomic E-state index is 5.55. The normalized spacial score (nSPS) is 13.2. The molecule has 3 heterocycles. The van der Waals surface area contributed by atoms with E-state index >= 15 is 0 Å². The maximum Gasteiger partial charge on any atom is 0.0754 e. The zero-order chi connectivity index (χ0) is 41.5. The van der Waals surface area contributed by atoms with E-state index in [-0.39, 0.29) is 0 Å². The Hall–Kier alpha value is -7.85. The Morgan fingerprint density at radius 3 is 1.70 bits per heavy atom. The van der Waals surface area contributed by atoms with Gasteiger partial charge in [0.1, 0.15) is 0 Å². The van der Waals surface area contributed by atoms with E-state index in [9.17, 15) is 0 Å². The van der Waals surface area contributed by atoms with Gasteiger partial charge in [0.15, 0.2) is 0 Å². The SMILES string of the molecule is c1ccc(-c2cc(-c3ccccc3)nc(-c3cccc4c3-c3cc(-c5ccc6c(c5)sc5ccccc56)ccc3C43c4ccccc4N(c4ccccc4)c4ccccc43)c2)cc1. The largest absolute Gasteiger partial charge is 0.310 e. The third kappa shape index (κ3) is 5.40. The second-order valence-corrected chi connectivity index (χ2v) is 17.7. The van der Waals surface area contributed by atoms with Gasteiger partial charge in [-0.05, 0) is 110 Å². The Morgan fingerprint density at radius 1 is 0.349 bits per heavy atom. The van der Waals surface area contributed by atoms with Gasteiger partial charge in [-0.2, -0.15) is 0 Å². The number of hydrogen-bond donors (Lipinski definition) is 0. The van der Waals surface area contributed by atoms with Crippen LogP contribution >= 0.6 is 11.3 Å². The lowest BCUT2D eigenvalue weighted by molar-refractivity contribution is 0.753. The van der Waals surface area contributed by atoms with Gasteiger partial charge in [-0.3, -0.25) is 0 Å². The number of hydrogen-bond acceptors (Lipinski definition) is 3. The van der Waals surface area contributed by atoms with Crippen molar-refractivity contribution in [1.29, 1.82) is 0 Å². The van der Waals surface area contributed by atoms with Crippen molar-refractivity contribution in [3.63, 3.8) is 0 Å². The Balaban J connectivity index is 1.11. The number of aromatic nitrogens is 1. The summed E-state index contributed by atoms with van der Waals surface area (Å²) in [5.74, 6) is 0. The lowest BCUT2D eigenvalue weighted by Gasteiger charge is -2.45. The molecule has 1 spiro atoms. The number of fused-ring (bicyclic) bond motifs is 12. The van der Waals surface area contributed by atoms with Crippen LogP contribution in [0, 0.1) is 0 Å². The standard InChI is InChI=1S/C60H38N2S/c1-4-17-39(18-5-1)43-36-53(40-19-6-2-7-20-40)61-54(37-43)47-24-16-27-52-59(47)48-35-41(42-31-33-46-45-23-10-15-30-57(45)63-58(46)38-42)32-34-49(48)60(52)50-25-11-13-28-55(50)62(44-21-8-3-9-22-44)56-29-14-12-26-51(56)60/h1-38H. The van der Waals surface area contributed by atoms with Crippen molar-refractivity contribution in [1.82, 2.24) is 4.98 Å². The number of nitrogens with zero attached hydrogens (tertiary/aromatic N) is 2. The topological polar surface area (TPSA) is 16.1 Å². The highest BCUT2D eigenvalue weighted by Gasteiger charge is 2.52. The second kappa shape index (κ2) is 14.1. The molecule has 0 saturated carbocycles. The summed E-state index contributed by atoms with van der Waals surface area (Å²) in [5, 5.41) is 2.63. The van der Waals surface area contributed by atoms with Crippen LogP contribution in [0.15, 0.2) is 231 Å². The third-order valence-electron chi connectivity index (χ3n) is 13.3. The molecule has 11 aromatic rings. The monoisotopic (exact) mass is 818 g/mol. The van der Waals surface area contributed by atoms with E-state index in [0.717, 1.165) is 39.3 Å². The molecule has 0 unspecified atom stereocenters. The van der Waals surface area contributed by atoms with Gasteiger partial charge in [-0.1, -0.05) is 176 Å². The molecule has 0 N–H and O–H groups in total. The molecule has 294 valence electrons. The van der Waals surface area contributed by atoms with Gasteiger partial charge in [-0.25, -0.2) is 4.98 Å². The van der Waals surface area contributed by atoms with Crippen molar-refractivity contribution >= 4 is 48.6 Å². The highest BCUT2D eigenvalue weighted by atomic mass is 32.1. The van der Waals surface area contributed by atoms with Crippen molar-refractivity contribution < 1.29 is 0 Å². The highest BCUT2D eigenvalue weighted by Crippen LogP contribution is 2.65. The van der Waals surface area contributed by atoms with Gasteiger partial charge in [0.2, 0.25) is 0 Å². The zero-order valence-corrected chi connectivity index (χ0v) is 35.1. The number of anilines is 3. The first-order valence-corrected chi connectivity index (χ1v) is 22.4. The smallest absolute Gasteiger partial charge is 0.0754 e. The predicted octanol–water partition coefficient (Wildman–Crippen LogP) is 16.3. The van der Waals surface area contributed by atoms with Crippen LogP contribution in [-0.2, 0) is 5.41 Å². The minimum Gasteiger partial charge on any atom is -0.310 e. The lowest BCUT2D eigenvalue weighted by atomic mass is 9.64. The van der Waals surface area contributed by atoms with E-state index in [0.29, 0.717) is 0 Å². The fraction of sp³-hybridized carbons (Fsp3) is 0.0167. The molecule has 1 aliphatic carbocycles. The van der Waals surface area contributed by atoms with E-state index in [2.05, 4.69) is 235 Å². The van der Waals surface area contributed by atoms with Crippen molar-refractivity contribution in [2.24, 2.45) is 0 Å². The fourth-order valence-corrected chi connectivity index (χ4v) is 11.7. The van der Waals surface area contributed by atoms with E-state index < -0.39 is 5.41 Å². The summed E-state index contributed by atoms with van der Waals surface area (Å²) in [6.45, 7) is 0. The number of pyridine rings is 1. The quantitative estimate of drug-likeness (QED) is 0.172. The van der Waals surface area contributed by atoms with Gasteiger partial charge in [0.25, 0.3) is 0 Å². The highest BCUT2D eigenvalue weighted by molar-refractivity contribution is 7.25. The minimum atomic E-state index is -0.605. The first-order chi connectivity index (χ1) is 31.2. The molecule has 1 aliphatic heterocycles. The zero-order valence-electron chi connectivity index (χ0n) is 34.2. The summed E-state index contributed by atoms with van der Waals surface area (Å²) >= 11 is 1.87. The van der Waals surface area contributed by atoms with Gasteiger partial charge in [0, 0.05) is 37.0 Å². The third-order valence-corrected chi connectivity index (χ3v) is 14.4. The molecule has 0 atom stereocenters. The molecule has 13 rings (SSSR count). The van der Waals surface area contributed by atoms with Crippen LogP contribution in [0.1, 0.15) is 22.3 Å². The Bertz CT molecular complexity index is 3470. The molecule has 0 radical (unpaired) electrons. The van der Waals surface area contributed by atoms with Gasteiger partial charge in [-0.15, -0.1) is 11.3 Å². The Kier molecular flexibility index (Phi) is 8.03. The number of para-hydroxylation sites is 3. The molecule has 9 aromatic carbocycles. The molecular formula is C60H38N2S. The van der Waals surface area contributed by atoms with Gasteiger partial charge < -0.3 is 4.90 Å². The first kappa shape index (κ1) is 35.9. The van der Waals surface area contributed by atoms with Gasteiger partial charge in [0.05, 0.1) is 28.2 Å². The summed E-state index contributed by atoms with van der Waals surface area (Å²) in [6, 6.07) is 84.7. The molecule has 3 heteroatoms. The maximum atomic E-state index is 5.55. The molecule has 2 aliphatic rings. The molecule has 0 fully saturated rings. The average molecular weight is 819 g/mol. The molecule has 0 saturated heterocycles. The van der Waals surface area contributed by atoms with E-state index in [1.165, 1.54) is 76.1 Å². The van der Waals surface area contributed by atoms with Crippen LogP contribution in [0.5, 0.6) is 0 Å². The van der Waals surface area contributed by atoms with Crippen molar-refractivity contribution in [3.05, 3.63) is 253 Å². The van der Waals surface area contributed by atoms with E-state index in [4.69, 9.17) is 4.98 Å². The van der Waals surface area contributed by atoms with Crippen LogP contribution in [0.25, 0.3) is 76.1 Å². The number of thiophene rings is 1. The summed E-state index contributed by atoms with van der Waals surface area (Å²) < 4.78 is 2.62. The minimum absolute atomic E-state index is 0.605. The molecule has 63 heavy (non-hydrogen) atoms. The van der Waals surface area contributed by atoms with Gasteiger partial charge >= 0.3 is 0 Å². The number of rotatable bonds is 5. The number of benzene rings is 9. The van der Waals surface area contributed by atoms with Crippen molar-refractivity contribution in [3.8, 4) is 55.9 Å². The van der Waals surface area contributed by atoms with Crippen LogP contribution in [0.2, 0.25) is 0 Å². The molecule has 0 amide bonds. The average Bonchev–Trinajstić information content (AvgIpc) is 3.88. The summed E-state index contributed by atoms with van der Waals surface area (Å²) in [5.41, 5.74) is 19.3. The van der Waals surface area contributed by atoms with E-state index in [1.54, 1.807) is 0 Å². The van der Waals surface area contributed by atoms with E-state index in [1.807, 2.05) is 11.3 Å². The summed E-state index contributed by atoms with van der Waals surface area (Å²) in [4.78, 5) is 8.00. The van der Waals surface area contributed by atoms with Crippen LogP contribution in [-0.4, -0.2) is 4.98 Å². The molecular weight excluding hydrogens is 781 g/mol. The van der Waals surface area contributed by atoms with Crippen LogP contribution in [0.4, 0.5) is 17.1 Å². The first-order valence-electron chi connectivity index (χ1n) is 21.6. The van der Waals surface area contributed by atoms with Crippen LogP contribution in [0.3, 0.4) is 0 Å². The summed E-state index contributed by atoms with van der Waals surface area (Å²) in [7, 11) is 0. The molecule has 0 bridgehead atoms. The fourth-order valence-electron chi connectivity index (χ4n) is 10.6. The predicted molar refractivity (Wildman–Crippen MR) is 264 cm³/mol. The van der Waals surface area contributed by atoms with Crippen LogP contribution < -0.4 is 4.90 Å². The Labute approximate surface area is 370 Å². The van der Waals surface area contributed by atoms with Crippen molar-refractivity contribution in [2.45, 2.75) is 5.41 Å². The molecule has 2 nitrogen and oxygen atoms in total. The lowest BCUT2D eigenvalue weighted by Crippen LogP contribution is -2.36. The Morgan fingerprint density at radius 2 is 0.937 bits per heavy atom. The van der Waals surface area contributed by atoms with Crippen molar-refractivity contribution in [2.75, 3.05) is 4.90 Å². The summed E-state index contributed by atoms with van der Waals surface area (Å²) in [6.07, 6.45) is 0. The second-order valence-electron chi connectivity index (χ2n) is 16.6.